The molecule has 3 aromatic carbocycles. The van der Waals surface area contributed by atoms with Crippen molar-refractivity contribution in [2.75, 3.05) is 33.3 Å². The third-order valence-corrected chi connectivity index (χ3v) is 4.25. The predicted octanol–water partition coefficient (Wildman–Crippen LogP) is 5.19. The Morgan fingerprint density at radius 1 is 0.556 bits per heavy atom. The van der Waals surface area contributed by atoms with E-state index in [1.54, 1.807) is 28.4 Å². The van der Waals surface area contributed by atoms with Gasteiger partial charge in [-0.05, 0) is 36.4 Å². The maximum atomic E-state index is 5.53. The number of para-hydroxylation sites is 1. The van der Waals surface area contributed by atoms with E-state index < -0.39 is 0 Å². The standard InChI is InChI=1S/C22H23NO4/c1-24-19-12-10-17(11-13-19)23(16-8-6-5-7-9-16)18-14-20(25-2)22(27-4)21(15-18)26-3/h5-15H,1-4H3. The van der Waals surface area contributed by atoms with Crippen LogP contribution in [-0.4, -0.2) is 28.4 Å². The van der Waals surface area contributed by atoms with Crippen LogP contribution in [0.2, 0.25) is 0 Å². The Hall–Kier alpha value is -3.34. The molecular formula is C22H23NO4. The summed E-state index contributed by atoms with van der Waals surface area (Å²) in [5.74, 6) is 2.56. The third-order valence-electron chi connectivity index (χ3n) is 4.25. The maximum absolute atomic E-state index is 5.53. The Morgan fingerprint density at radius 3 is 1.59 bits per heavy atom. The molecule has 0 aromatic heterocycles. The lowest BCUT2D eigenvalue weighted by Crippen LogP contribution is -2.10. The van der Waals surface area contributed by atoms with Crippen molar-refractivity contribution in [2.45, 2.75) is 0 Å². The summed E-state index contributed by atoms with van der Waals surface area (Å²) in [6.07, 6.45) is 0. The number of ether oxygens (including phenoxy) is 4. The minimum Gasteiger partial charge on any atom is -0.497 e. The molecule has 0 spiro atoms. The van der Waals surface area contributed by atoms with Gasteiger partial charge in [-0.1, -0.05) is 18.2 Å². The van der Waals surface area contributed by atoms with Gasteiger partial charge in [0.1, 0.15) is 5.75 Å². The molecule has 5 heteroatoms. The number of nitrogens with zero attached hydrogens (tertiary/aromatic N) is 1. The van der Waals surface area contributed by atoms with Crippen LogP contribution in [0.1, 0.15) is 0 Å². The lowest BCUT2D eigenvalue weighted by molar-refractivity contribution is 0.324. The van der Waals surface area contributed by atoms with Gasteiger partial charge < -0.3 is 23.8 Å². The fourth-order valence-corrected chi connectivity index (χ4v) is 2.95. The summed E-state index contributed by atoms with van der Waals surface area (Å²) in [7, 11) is 6.48. The van der Waals surface area contributed by atoms with Crippen molar-refractivity contribution < 1.29 is 18.9 Å². The molecule has 0 bridgehead atoms. The summed E-state index contributed by atoms with van der Waals surface area (Å²) in [5.41, 5.74) is 2.88. The van der Waals surface area contributed by atoms with Gasteiger partial charge >= 0.3 is 0 Å². The van der Waals surface area contributed by atoms with E-state index in [1.165, 1.54) is 0 Å². The van der Waals surface area contributed by atoms with Gasteiger partial charge in [-0.3, -0.25) is 0 Å². The van der Waals surface area contributed by atoms with Crippen molar-refractivity contribution in [3.05, 3.63) is 66.7 Å². The second-order valence-corrected chi connectivity index (χ2v) is 5.75. The molecule has 0 amide bonds. The molecule has 0 atom stereocenters. The lowest BCUT2D eigenvalue weighted by atomic mass is 10.1. The highest BCUT2D eigenvalue weighted by Crippen LogP contribution is 2.45. The Bertz CT molecular complexity index is 854. The number of benzene rings is 3. The molecule has 5 nitrogen and oxygen atoms in total. The third kappa shape index (κ3) is 3.77. The van der Waals surface area contributed by atoms with Gasteiger partial charge in [0.2, 0.25) is 5.75 Å². The molecule has 0 radical (unpaired) electrons. The van der Waals surface area contributed by atoms with E-state index in [-0.39, 0.29) is 0 Å². The molecule has 0 aliphatic heterocycles. The van der Waals surface area contributed by atoms with Crippen LogP contribution < -0.4 is 23.8 Å². The van der Waals surface area contributed by atoms with E-state index in [0.29, 0.717) is 17.2 Å². The lowest BCUT2D eigenvalue weighted by Gasteiger charge is -2.27. The predicted molar refractivity (Wildman–Crippen MR) is 107 cm³/mol. The first-order valence-electron chi connectivity index (χ1n) is 8.51. The van der Waals surface area contributed by atoms with Crippen LogP contribution in [0.25, 0.3) is 0 Å². The van der Waals surface area contributed by atoms with Gasteiger partial charge in [0.15, 0.2) is 11.5 Å². The van der Waals surface area contributed by atoms with Crippen molar-refractivity contribution in [3.8, 4) is 23.0 Å². The van der Waals surface area contributed by atoms with Gasteiger partial charge in [-0.2, -0.15) is 0 Å². The fourth-order valence-electron chi connectivity index (χ4n) is 2.95. The molecule has 3 aromatic rings. The number of anilines is 3. The van der Waals surface area contributed by atoms with E-state index in [0.717, 1.165) is 22.8 Å². The molecule has 3 rings (SSSR count). The molecule has 0 unspecified atom stereocenters. The van der Waals surface area contributed by atoms with E-state index in [4.69, 9.17) is 18.9 Å². The van der Waals surface area contributed by atoms with Crippen molar-refractivity contribution in [2.24, 2.45) is 0 Å². The normalized spacial score (nSPS) is 10.2. The highest BCUT2D eigenvalue weighted by atomic mass is 16.5. The van der Waals surface area contributed by atoms with E-state index in [1.807, 2.05) is 66.7 Å². The Kier molecular flexibility index (Phi) is 5.71. The fraction of sp³-hybridized carbons (Fsp3) is 0.182. The topological polar surface area (TPSA) is 40.2 Å². The summed E-state index contributed by atoms with van der Waals surface area (Å²) < 4.78 is 21.8. The SMILES string of the molecule is COc1ccc(N(c2ccccc2)c2cc(OC)c(OC)c(OC)c2)cc1. The molecule has 0 heterocycles. The molecule has 27 heavy (non-hydrogen) atoms. The quantitative estimate of drug-likeness (QED) is 0.576. The van der Waals surface area contributed by atoms with Gasteiger partial charge in [-0.15, -0.1) is 0 Å². The van der Waals surface area contributed by atoms with E-state index in [9.17, 15) is 0 Å². The van der Waals surface area contributed by atoms with Gasteiger partial charge in [0.25, 0.3) is 0 Å². The zero-order valence-corrected chi connectivity index (χ0v) is 15.9. The highest BCUT2D eigenvalue weighted by Gasteiger charge is 2.19. The van der Waals surface area contributed by atoms with E-state index in [2.05, 4.69) is 4.90 Å². The Labute approximate surface area is 159 Å². The smallest absolute Gasteiger partial charge is 0.203 e. The van der Waals surface area contributed by atoms with E-state index >= 15 is 0 Å². The first-order chi connectivity index (χ1) is 13.2. The van der Waals surface area contributed by atoms with Crippen LogP contribution in [0.5, 0.6) is 23.0 Å². The summed E-state index contributed by atoms with van der Waals surface area (Å²) >= 11 is 0. The van der Waals surface area contributed by atoms with Crippen LogP contribution in [0, 0.1) is 0 Å². The molecule has 0 aliphatic carbocycles. The molecule has 0 fully saturated rings. The average molecular weight is 365 g/mol. The molecule has 140 valence electrons. The number of hydrogen-bond acceptors (Lipinski definition) is 5. The number of methoxy groups -OCH3 is 4. The average Bonchev–Trinajstić information content (AvgIpc) is 2.74. The number of rotatable bonds is 7. The van der Waals surface area contributed by atoms with Crippen molar-refractivity contribution >= 4 is 17.1 Å². The van der Waals surface area contributed by atoms with Crippen molar-refractivity contribution in [3.63, 3.8) is 0 Å². The first kappa shape index (κ1) is 18.5. The Balaban J connectivity index is 2.18. The molecule has 0 aliphatic rings. The zero-order chi connectivity index (χ0) is 19.2. The molecule has 0 N–H and O–H groups in total. The highest BCUT2D eigenvalue weighted by molar-refractivity contribution is 5.79. The van der Waals surface area contributed by atoms with Crippen LogP contribution >= 0.6 is 0 Å². The van der Waals surface area contributed by atoms with Gasteiger partial charge in [0, 0.05) is 23.5 Å². The summed E-state index contributed by atoms with van der Waals surface area (Å²) in [5, 5.41) is 0. The van der Waals surface area contributed by atoms with Crippen molar-refractivity contribution in [1.29, 1.82) is 0 Å². The largest absolute Gasteiger partial charge is 0.497 e. The van der Waals surface area contributed by atoms with Crippen LogP contribution in [0.15, 0.2) is 66.7 Å². The minimum absolute atomic E-state index is 0.562. The summed E-state index contributed by atoms with van der Waals surface area (Å²) in [6.45, 7) is 0. The monoisotopic (exact) mass is 365 g/mol. The number of hydrogen-bond donors (Lipinski definition) is 0. The van der Waals surface area contributed by atoms with Crippen LogP contribution in [-0.2, 0) is 0 Å². The second kappa shape index (κ2) is 8.36. The molecular weight excluding hydrogens is 342 g/mol. The zero-order valence-electron chi connectivity index (χ0n) is 15.9. The molecule has 0 saturated heterocycles. The van der Waals surface area contributed by atoms with Crippen molar-refractivity contribution in [1.82, 2.24) is 0 Å². The summed E-state index contributed by atoms with van der Waals surface area (Å²) in [6, 6.07) is 21.8. The second-order valence-electron chi connectivity index (χ2n) is 5.75. The Morgan fingerprint density at radius 2 is 1.11 bits per heavy atom. The van der Waals surface area contributed by atoms with Gasteiger partial charge in [0.05, 0.1) is 34.1 Å². The van der Waals surface area contributed by atoms with Crippen LogP contribution in [0.4, 0.5) is 17.1 Å². The summed E-state index contributed by atoms with van der Waals surface area (Å²) in [4.78, 5) is 2.11. The maximum Gasteiger partial charge on any atom is 0.203 e. The molecule has 0 saturated carbocycles. The minimum atomic E-state index is 0.562. The van der Waals surface area contributed by atoms with Crippen LogP contribution in [0.3, 0.4) is 0 Å². The first-order valence-corrected chi connectivity index (χ1v) is 8.51. The van der Waals surface area contributed by atoms with Gasteiger partial charge in [-0.25, -0.2) is 0 Å².